The van der Waals surface area contributed by atoms with Crippen LogP contribution in [0.4, 0.5) is 4.39 Å². The molecule has 1 aliphatic heterocycles. The van der Waals surface area contributed by atoms with Gasteiger partial charge in [0, 0.05) is 18.2 Å². The van der Waals surface area contributed by atoms with E-state index in [4.69, 9.17) is 0 Å². The molecule has 3 rings (SSSR count). The van der Waals surface area contributed by atoms with Crippen LogP contribution >= 0.6 is 0 Å². The summed E-state index contributed by atoms with van der Waals surface area (Å²) < 4.78 is 13.0. The van der Waals surface area contributed by atoms with Gasteiger partial charge in [-0.25, -0.2) is 4.39 Å². The lowest BCUT2D eigenvalue weighted by Crippen LogP contribution is -2.50. The standard InChI is InChI=1S/C16H19FN4O/c1-10-6-7-18-9-14(10)20-16(22)13-8-19-21-15(13)11-2-4-12(17)5-3-11/h2-5,8,10,14,18H,6-7,9H2,1H3,(H,19,21)(H,20,22). The Labute approximate surface area is 128 Å². The van der Waals surface area contributed by atoms with E-state index in [-0.39, 0.29) is 17.8 Å². The highest BCUT2D eigenvalue weighted by molar-refractivity contribution is 5.99. The number of amides is 1. The summed E-state index contributed by atoms with van der Waals surface area (Å²) in [5.41, 5.74) is 1.82. The summed E-state index contributed by atoms with van der Waals surface area (Å²) in [6.07, 6.45) is 2.55. The normalized spacial score (nSPS) is 21.5. The average molecular weight is 302 g/mol. The molecule has 3 N–H and O–H groups in total. The monoisotopic (exact) mass is 302 g/mol. The number of halogens is 1. The van der Waals surface area contributed by atoms with E-state index < -0.39 is 0 Å². The van der Waals surface area contributed by atoms with Crippen molar-refractivity contribution < 1.29 is 9.18 Å². The molecule has 2 unspecified atom stereocenters. The van der Waals surface area contributed by atoms with Gasteiger partial charge in [-0.15, -0.1) is 0 Å². The number of nitrogens with one attached hydrogen (secondary N) is 3. The van der Waals surface area contributed by atoms with Crippen molar-refractivity contribution in [1.29, 1.82) is 0 Å². The largest absolute Gasteiger partial charge is 0.348 e. The van der Waals surface area contributed by atoms with Crippen LogP contribution in [0.1, 0.15) is 23.7 Å². The van der Waals surface area contributed by atoms with Crippen molar-refractivity contribution in [3.8, 4) is 11.3 Å². The van der Waals surface area contributed by atoms with E-state index in [2.05, 4.69) is 27.8 Å². The maximum Gasteiger partial charge on any atom is 0.255 e. The van der Waals surface area contributed by atoms with Gasteiger partial charge < -0.3 is 10.6 Å². The summed E-state index contributed by atoms with van der Waals surface area (Å²) in [5.74, 6) is -0.0311. The SMILES string of the molecule is CC1CCNCC1NC(=O)c1cn[nH]c1-c1ccc(F)cc1. The van der Waals surface area contributed by atoms with Crippen molar-refractivity contribution in [2.45, 2.75) is 19.4 Å². The molecule has 0 spiro atoms. The lowest BCUT2D eigenvalue weighted by Gasteiger charge is -2.30. The fraction of sp³-hybridized carbons (Fsp3) is 0.375. The summed E-state index contributed by atoms with van der Waals surface area (Å²) in [7, 11) is 0. The van der Waals surface area contributed by atoms with Crippen molar-refractivity contribution in [3.05, 3.63) is 41.8 Å². The third-order valence-electron chi connectivity index (χ3n) is 4.16. The molecule has 1 saturated heterocycles. The van der Waals surface area contributed by atoms with Gasteiger partial charge in [0.05, 0.1) is 17.5 Å². The Kier molecular flexibility index (Phi) is 4.20. The quantitative estimate of drug-likeness (QED) is 0.811. The predicted octanol–water partition coefficient (Wildman–Crippen LogP) is 1.94. The number of piperidine rings is 1. The number of aromatic nitrogens is 2. The highest BCUT2D eigenvalue weighted by Crippen LogP contribution is 2.22. The van der Waals surface area contributed by atoms with E-state index in [9.17, 15) is 9.18 Å². The highest BCUT2D eigenvalue weighted by Gasteiger charge is 2.24. The molecule has 0 radical (unpaired) electrons. The van der Waals surface area contributed by atoms with Crippen molar-refractivity contribution in [2.75, 3.05) is 13.1 Å². The minimum atomic E-state index is -0.309. The Bertz CT molecular complexity index is 652. The van der Waals surface area contributed by atoms with Crippen LogP contribution in [0.5, 0.6) is 0 Å². The third-order valence-corrected chi connectivity index (χ3v) is 4.16. The van der Waals surface area contributed by atoms with Gasteiger partial charge in [0.15, 0.2) is 0 Å². The van der Waals surface area contributed by atoms with Gasteiger partial charge >= 0.3 is 0 Å². The molecule has 2 atom stereocenters. The molecule has 1 aromatic heterocycles. The first-order chi connectivity index (χ1) is 10.6. The number of rotatable bonds is 3. The second-order valence-corrected chi connectivity index (χ2v) is 5.72. The smallest absolute Gasteiger partial charge is 0.255 e. The van der Waals surface area contributed by atoms with E-state index in [0.29, 0.717) is 17.2 Å². The molecule has 2 aromatic rings. The predicted molar refractivity (Wildman–Crippen MR) is 81.9 cm³/mol. The van der Waals surface area contributed by atoms with Crippen molar-refractivity contribution in [2.24, 2.45) is 5.92 Å². The van der Waals surface area contributed by atoms with Crippen LogP contribution in [-0.2, 0) is 0 Å². The molecule has 1 fully saturated rings. The maximum atomic E-state index is 13.0. The maximum absolute atomic E-state index is 13.0. The molecular formula is C16H19FN4O. The number of carbonyl (C=O) groups is 1. The summed E-state index contributed by atoms with van der Waals surface area (Å²) in [6, 6.07) is 6.10. The number of H-pyrrole nitrogens is 1. The molecule has 0 bridgehead atoms. The van der Waals surface area contributed by atoms with Gasteiger partial charge in [-0.2, -0.15) is 5.10 Å². The van der Waals surface area contributed by atoms with Gasteiger partial charge in [0.25, 0.3) is 5.91 Å². The van der Waals surface area contributed by atoms with E-state index in [1.807, 2.05) is 0 Å². The molecule has 2 heterocycles. The summed E-state index contributed by atoms with van der Waals surface area (Å²) >= 11 is 0. The van der Waals surface area contributed by atoms with E-state index >= 15 is 0 Å². The zero-order valence-electron chi connectivity index (χ0n) is 12.4. The van der Waals surface area contributed by atoms with Gasteiger partial charge in [0.2, 0.25) is 0 Å². The van der Waals surface area contributed by atoms with E-state index in [1.165, 1.54) is 18.3 Å². The molecule has 116 valence electrons. The van der Waals surface area contributed by atoms with Crippen LogP contribution in [0.3, 0.4) is 0 Å². The first-order valence-corrected chi connectivity index (χ1v) is 7.46. The minimum absolute atomic E-state index is 0.109. The fourth-order valence-electron chi connectivity index (χ4n) is 2.72. The number of benzene rings is 1. The summed E-state index contributed by atoms with van der Waals surface area (Å²) in [5, 5.41) is 13.1. The van der Waals surface area contributed by atoms with Gasteiger partial charge in [-0.1, -0.05) is 6.92 Å². The second kappa shape index (κ2) is 6.27. The van der Waals surface area contributed by atoms with Crippen LogP contribution in [0.2, 0.25) is 0 Å². The Hall–Kier alpha value is -2.21. The number of hydrogen-bond donors (Lipinski definition) is 3. The molecule has 6 heteroatoms. The van der Waals surface area contributed by atoms with E-state index in [1.54, 1.807) is 12.1 Å². The molecule has 1 aromatic carbocycles. The summed E-state index contributed by atoms with van der Waals surface area (Å²) in [6.45, 7) is 3.90. The number of nitrogens with zero attached hydrogens (tertiary/aromatic N) is 1. The fourth-order valence-corrected chi connectivity index (χ4v) is 2.72. The Balaban J connectivity index is 1.79. The molecular weight excluding hydrogens is 283 g/mol. The lowest BCUT2D eigenvalue weighted by atomic mass is 9.94. The van der Waals surface area contributed by atoms with Gasteiger partial charge in [-0.3, -0.25) is 9.89 Å². The van der Waals surface area contributed by atoms with Crippen molar-refractivity contribution >= 4 is 5.91 Å². The van der Waals surface area contributed by atoms with Crippen LogP contribution < -0.4 is 10.6 Å². The zero-order chi connectivity index (χ0) is 15.5. The highest BCUT2D eigenvalue weighted by atomic mass is 19.1. The third kappa shape index (κ3) is 3.01. The summed E-state index contributed by atoms with van der Waals surface area (Å²) in [4.78, 5) is 12.5. The molecule has 5 nitrogen and oxygen atoms in total. The number of hydrogen-bond acceptors (Lipinski definition) is 3. The first-order valence-electron chi connectivity index (χ1n) is 7.46. The molecule has 1 aliphatic rings. The second-order valence-electron chi connectivity index (χ2n) is 5.72. The van der Waals surface area contributed by atoms with Crippen LogP contribution in [-0.4, -0.2) is 35.2 Å². The van der Waals surface area contributed by atoms with Gasteiger partial charge in [-0.05, 0) is 43.1 Å². The molecule has 0 saturated carbocycles. The van der Waals surface area contributed by atoms with Crippen molar-refractivity contribution in [3.63, 3.8) is 0 Å². The zero-order valence-corrected chi connectivity index (χ0v) is 12.4. The van der Waals surface area contributed by atoms with Crippen LogP contribution in [0.25, 0.3) is 11.3 Å². The van der Waals surface area contributed by atoms with Gasteiger partial charge in [0.1, 0.15) is 5.82 Å². The Morgan fingerprint density at radius 1 is 1.36 bits per heavy atom. The molecule has 22 heavy (non-hydrogen) atoms. The van der Waals surface area contributed by atoms with Crippen LogP contribution in [0.15, 0.2) is 30.5 Å². The van der Waals surface area contributed by atoms with E-state index in [0.717, 1.165) is 25.1 Å². The average Bonchev–Trinajstić information content (AvgIpc) is 3.00. The number of aromatic amines is 1. The van der Waals surface area contributed by atoms with Crippen molar-refractivity contribution in [1.82, 2.24) is 20.8 Å². The Morgan fingerprint density at radius 2 is 2.14 bits per heavy atom. The molecule has 1 amide bonds. The first kappa shape index (κ1) is 14.7. The topological polar surface area (TPSA) is 69.8 Å². The van der Waals surface area contributed by atoms with Crippen LogP contribution in [0, 0.1) is 11.7 Å². The Morgan fingerprint density at radius 3 is 2.86 bits per heavy atom. The lowest BCUT2D eigenvalue weighted by molar-refractivity contribution is 0.0916. The number of carbonyl (C=O) groups excluding carboxylic acids is 1. The minimum Gasteiger partial charge on any atom is -0.348 e. The molecule has 0 aliphatic carbocycles.